The first-order valence-corrected chi connectivity index (χ1v) is 9.88. The van der Waals surface area contributed by atoms with Gasteiger partial charge in [0.05, 0.1) is 16.5 Å². The zero-order valence-electron chi connectivity index (χ0n) is 14.0. The molecule has 1 aromatic carbocycles. The Morgan fingerprint density at radius 1 is 1.38 bits per heavy atom. The van der Waals surface area contributed by atoms with Crippen LogP contribution in [-0.4, -0.2) is 29.6 Å². The molecule has 1 aliphatic carbocycles. The monoisotopic (exact) mass is 536 g/mol. The molecule has 1 saturated carbocycles. The van der Waals surface area contributed by atoms with E-state index in [1.807, 2.05) is 0 Å². The zero-order chi connectivity index (χ0) is 19.1. The minimum absolute atomic E-state index is 0.0994. The molecule has 0 saturated heterocycles. The third-order valence-electron chi connectivity index (χ3n) is 4.60. The minimum atomic E-state index is -0.766. The Bertz CT molecular complexity index is 822. The number of hydrogen-bond acceptors (Lipinski definition) is 8. The smallest absolute Gasteiger partial charge is 0.336 e. The Kier molecular flexibility index (Phi) is 5.28. The third-order valence-corrected chi connectivity index (χ3v) is 6.01. The van der Waals surface area contributed by atoms with Crippen molar-refractivity contribution in [1.29, 1.82) is 0 Å². The number of hydrogen-bond donors (Lipinski definition) is 2. The number of aliphatic imine (C=N–C) groups is 2. The molecule has 9 nitrogen and oxygen atoms in total. The lowest BCUT2D eigenvalue weighted by Gasteiger charge is -2.45. The maximum Gasteiger partial charge on any atom is 0.336 e. The van der Waals surface area contributed by atoms with Crippen LogP contribution < -0.4 is 21.1 Å². The molecule has 0 unspecified atom stereocenters. The summed E-state index contributed by atoms with van der Waals surface area (Å²) in [6, 6.07) is 1.76. The number of ether oxygens (including phenoxy) is 1. The SMILES string of the molecule is COc1c(Br)cc(I)c(N2C(N)=NC(N)=NC23CCCCC3)c1[N+](=O)[O-]. The molecule has 0 amide bonds. The van der Waals surface area contributed by atoms with Crippen LogP contribution >= 0.6 is 38.5 Å². The van der Waals surface area contributed by atoms with Crippen LogP contribution in [0.4, 0.5) is 11.4 Å². The number of guanidine groups is 2. The van der Waals surface area contributed by atoms with Crippen LogP contribution in [0.25, 0.3) is 0 Å². The Labute approximate surface area is 172 Å². The van der Waals surface area contributed by atoms with Gasteiger partial charge in [-0.3, -0.25) is 15.0 Å². The molecule has 1 spiro atoms. The van der Waals surface area contributed by atoms with E-state index in [4.69, 9.17) is 16.2 Å². The Morgan fingerprint density at radius 3 is 2.62 bits per heavy atom. The van der Waals surface area contributed by atoms with E-state index in [9.17, 15) is 10.1 Å². The van der Waals surface area contributed by atoms with E-state index in [2.05, 4.69) is 48.5 Å². The van der Waals surface area contributed by atoms with Gasteiger partial charge in [-0.05, 0) is 70.3 Å². The number of benzene rings is 1. The van der Waals surface area contributed by atoms with Gasteiger partial charge in [-0.15, -0.1) is 0 Å². The van der Waals surface area contributed by atoms with Gasteiger partial charge in [0.25, 0.3) is 0 Å². The fraction of sp³-hybridized carbons (Fsp3) is 0.467. The summed E-state index contributed by atoms with van der Waals surface area (Å²) in [7, 11) is 1.39. The average molecular weight is 537 g/mol. The van der Waals surface area contributed by atoms with E-state index in [0.29, 0.717) is 26.6 Å². The maximum absolute atomic E-state index is 11.9. The van der Waals surface area contributed by atoms with Gasteiger partial charge in [0.2, 0.25) is 17.7 Å². The van der Waals surface area contributed by atoms with Crippen molar-refractivity contribution >= 4 is 61.8 Å². The topological polar surface area (TPSA) is 132 Å². The quantitative estimate of drug-likeness (QED) is 0.346. The molecule has 1 heterocycles. The maximum atomic E-state index is 11.9. The van der Waals surface area contributed by atoms with E-state index < -0.39 is 10.6 Å². The molecule has 26 heavy (non-hydrogen) atoms. The molecule has 0 aromatic heterocycles. The van der Waals surface area contributed by atoms with Gasteiger partial charge in [0.15, 0.2) is 0 Å². The third kappa shape index (κ3) is 3.10. The largest absolute Gasteiger partial charge is 0.489 e. The van der Waals surface area contributed by atoms with Crippen molar-refractivity contribution in [2.75, 3.05) is 12.0 Å². The van der Waals surface area contributed by atoms with Gasteiger partial charge in [0.1, 0.15) is 11.4 Å². The molecule has 1 fully saturated rings. The van der Waals surface area contributed by atoms with Crippen LogP contribution in [0, 0.1) is 13.7 Å². The van der Waals surface area contributed by atoms with Crippen molar-refractivity contribution in [3.05, 3.63) is 24.2 Å². The van der Waals surface area contributed by atoms with E-state index in [0.717, 1.165) is 19.3 Å². The van der Waals surface area contributed by atoms with E-state index >= 15 is 0 Å². The predicted octanol–water partition coefficient (Wildman–Crippen LogP) is 3.08. The van der Waals surface area contributed by atoms with Crippen LogP contribution in [0.3, 0.4) is 0 Å². The molecular formula is C15H18BrIN6O3. The highest BCUT2D eigenvalue weighted by molar-refractivity contribution is 14.1. The summed E-state index contributed by atoms with van der Waals surface area (Å²) in [5.41, 5.74) is 11.5. The zero-order valence-corrected chi connectivity index (χ0v) is 17.8. The minimum Gasteiger partial charge on any atom is -0.489 e. The highest BCUT2D eigenvalue weighted by Gasteiger charge is 2.46. The molecule has 1 aromatic rings. The number of halogens is 2. The molecule has 0 bridgehead atoms. The first-order valence-electron chi connectivity index (χ1n) is 8.01. The summed E-state index contributed by atoms with van der Waals surface area (Å²) >= 11 is 5.39. The lowest BCUT2D eigenvalue weighted by molar-refractivity contribution is -0.385. The summed E-state index contributed by atoms with van der Waals surface area (Å²) in [5, 5.41) is 11.9. The van der Waals surface area contributed by atoms with Gasteiger partial charge in [-0.25, -0.2) is 4.99 Å². The second-order valence-corrected chi connectivity index (χ2v) is 8.16. The summed E-state index contributed by atoms with van der Waals surface area (Å²) < 4.78 is 6.43. The van der Waals surface area contributed by atoms with Crippen LogP contribution in [0.1, 0.15) is 32.1 Å². The van der Waals surface area contributed by atoms with Crippen molar-refractivity contribution in [2.24, 2.45) is 21.5 Å². The van der Waals surface area contributed by atoms with Gasteiger partial charge in [-0.2, -0.15) is 4.99 Å². The number of anilines is 1. The van der Waals surface area contributed by atoms with Gasteiger partial charge >= 0.3 is 5.69 Å². The first kappa shape index (κ1) is 19.1. The Balaban J connectivity index is 2.30. The number of nitro benzene ring substituents is 1. The summed E-state index contributed by atoms with van der Waals surface area (Å²) in [5.74, 6) is 0.332. The van der Waals surface area contributed by atoms with Gasteiger partial charge < -0.3 is 16.2 Å². The second kappa shape index (κ2) is 7.18. The van der Waals surface area contributed by atoms with Crippen molar-refractivity contribution in [1.82, 2.24) is 0 Å². The number of nitrogens with zero attached hydrogens (tertiary/aromatic N) is 4. The normalized spacial score (nSPS) is 19.1. The molecule has 0 atom stereocenters. The molecular weight excluding hydrogens is 519 g/mol. The highest BCUT2D eigenvalue weighted by Crippen LogP contribution is 2.49. The van der Waals surface area contributed by atoms with Crippen LogP contribution in [0.2, 0.25) is 0 Å². The second-order valence-electron chi connectivity index (χ2n) is 6.15. The van der Waals surface area contributed by atoms with Crippen LogP contribution in [0.5, 0.6) is 5.75 Å². The standard InChI is InChI=1S/C15H18BrIN6O3/c1-26-12-8(16)7-9(17)10(11(12)23(24)25)22-14(19)20-13(18)21-15(22)5-3-2-4-6-15/h7H,2-6H2,1H3,(H4,18,19,20,21). The number of nitro groups is 1. The molecule has 1 aliphatic heterocycles. The summed E-state index contributed by atoms with van der Waals surface area (Å²) in [6.07, 6.45) is 4.31. The number of rotatable bonds is 3. The van der Waals surface area contributed by atoms with Crippen molar-refractivity contribution in [3.8, 4) is 5.75 Å². The fourth-order valence-electron chi connectivity index (χ4n) is 3.60. The lowest BCUT2D eigenvalue weighted by Crippen LogP contribution is -2.58. The molecule has 2 aliphatic rings. The van der Waals surface area contributed by atoms with E-state index in [1.54, 1.807) is 11.0 Å². The Morgan fingerprint density at radius 2 is 2.04 bits per heavy atom. The molecule has 11 heteroatoms. The first-order chi connectivity index (χ1) is 12.3. The highest BCUT2D eigenvalue weighted by atomic mass is 127. The molecule has 4 N–H and O–H groups in total. The van der Waals surface area contributed by atoms with Crippen molar-refractivity contribution in [3.63, 3.8) is 0 Å². The average Bonchev–Trinajstić information content (AvgIpc) is 2.56. The van der Waals surface area contributed by atoms with Crippen LogP contribution in [-0.2, 0) is 0 Å². The van der Waals surface area contributed by atoms with Crippen molar-refractivity contribution in [2.45, 2.75) is 37.8 Å². The Hall–Kier alpha value is -1.63. The van der Waals surface area contributed by atoms with E-state index in [-0.39, 0.29) is 23.4 Å². The van der Waals surface area contributed by atoms with Gasteiger partial charge in [0, 0.05) is 3.57 Å². The summed E-state index contributed by atoms with van der Waals surface area (Å²) in [6.45, 7) is 0. The fourth-order valence-corrected chi connectivity index (χ4v) is 5.41. The van der Waals surface area contributed by atoms with Crippen molar-refractivity contribution < 1.29 is 9.66 Å². The van der Waals surface area contributed by atoms with Gasteiger partial charge in [-0.1, -0.05) is 6.42 Å². The molecule has 3 rings (SSSR count). The molecule has 0 radical (unpaired) electrons. The predicted molar refractivity (Wildman–Crippen MR) is 112 cm³/mol. The summed E-state index contributed by atoms with van der Waals surface area (Å²) in [4.78, 5) is 21.8. The number of methoxy groups -OCH3 is 1. The number of nitrogens with two attached hydrogens (primary N) is 2. The van der Waals surface area contributed by atoms with Crippen LogP contribution in [0.15, 0.2) is 20.5 Å². The lowest BCUT2D eigenvalue weighted by atomic mass is 9.87. The van der Waals surface area contributed by atoms with E-state index in [1.165, 1.54) is 7.11 Å². The molecule has 140 valence electrons.